The first-order valence-corrected chi connectivity index (χ1v) is 5.56. The van der Waals surface area contributed by atoms with Crippen LogP contribution in [0.1, 0.15) is 22.3 Å². The summed E-state index contributed by atoms with van der Waals surface area (Å²) in [6.45, 7) is 0. The number of hydrazine groups is 1. The highest BCUT2D eigenvalue weighted by Gasteiger charge is 2.60. The molecule has 1 aromatic rings. The van der Waals surface area contributed by atoms with Gasteiger partial charge in [-0.25, -0.2) is 10.9 Å². The van der Waals surface area contributed by atoms with Crippen LogP contribution in [0.25, 0.3) is 0 Å². The van der Waals surface area contributed by atoms with Gasteiger partial charge in [0, 0.05) is 5.56 Å². The van der Waals surface area contributed by atoms with Crippen molar-refractivity contribution < 1.29 is 19.2 Å². The molecule has 1 unspecified atom stereocenters. The summed E-state index contributed by atoms with van der Waals surface area (Å²) in [4.78, 5) is 47.6. The number of rotatable bonds is 0. The first-order chi connectivity index (χ1) is 8.98. The molecule has 7 heteroatoms. The Morgan fingerprint density at radius 2 is 1.84 bits per heavy atom. The Balaban J connectivity index is 2.30. The van der Waals surface area contributed by atoms with Crippen molar-refractivity contribution in [2.75, 3.05) is 0 Å². The second-order valence-electron chi connectivity index (χ2n) is 4.48. The molecule has 3 N–H and O–H groups in total. The minimum absolute atomic E-state index is 0.207. The zero-order valence-corrected chi connectivity index (χ0v) is 9.67. The Labute approximate surface area is 107 Å². The van der Waals surface area contributed by atoms with Crippen molar-refractivity contribution in [3.8, 4) is 0 Å². The Morgan fingerprint density at radius 3 is 2.47 bits per heavy atom. The van der Waals surface area contributed by atoms with E-state index in [1.165, 1.54) is 12.1 Å². The van der Waals surface area contributed by atoms with E-state index in [-0.39, 0.29) is 17.5 Å². The molecule has 1 fully saturated rings. The summed E-state index contributed by atoms with van der Waals surface area (Å²) in [5.74, 6) is 2.51. The number of hydrogen-bond donors (Lipinski definition) is 2. The van der Waals surface area contributed by atoms with E-state index in [0.717, 1.165) is 0 Å². The van der Waals surface area contributed by atoms with Gasteiger partial charge in [-0.3, -0.25) is 24.5 Å². The molecule has 1 spiro atoms. The molecule has 0 radical (unpaired) electrons. The molecule has 0 saturated carbocycles. The highest BCUT2D eigenvalue weighted by Crippen LogP contribution is 2.39. The molecule has 0 bridgehead atoms. The maximum absolute atomic E-state index is 12.2. The quantitative estimate of drug-likeness (QED) is 0.264. The minimum Gasteiger partial charge on any atom is -0.291 e. The zero-order chi connectivity index (χ0) is 13.8. The molecule has 1 atom stereocenters. The molecule has 96 valence electrons. The summed E-state index contributed by atoms with van der Waals surface area (Å²) in [6, 6.07) is 6.21. The molecule has 1 saturated heterocycles. The summed E-state index contributed by atoms with van der Waals surface area (Å²) in [5.41, 5.74) is -1.27. The van der Waals surface area contributed by atoms with Gasteiger partial charge in [0.1, 0.15) is 0 Å². The second-order valence-corrected chi connectivity index (χ2v) is 4.48. The van der Waals surface area contributed by atoms with Crippen molar-refractivity contribution in [3.63, 3.8) is 0 Å². The molecular weight excluding hydrogens is 250 g/mol. The Morgan fingerprint density at radius 1 is 1.16 bits per heavy atom. The van der Waals surface area contributed by atoms with E-state index in [9.17, 15) is 19.2 Å². The summed E-state index contributed by atoms with van der Waals surface area (Å²) in [6.07, 6.45) is -0.363. The lowest BCUT2D eigenvalue weighted by Crippen LogP contribution is -2.56. The lowest BCUT2D eigenvalue weighted by Gasteiger charge is -2.30. The molecule has 3 rings (SSSR count). The van der Waals surface area contributed by atoms with E-state index in [2.05, 4.69) is 5.32 Å². The molecule has 2 aliphatic heterocycles. The van der Waals surface area contributed by atoms with Crippen LogP contribution < -0.4 is 11.2 Å². The predicted molar refractivity (Wildman–Crippen MR) is 61.3 cm³/mol. The van der Waals surface area contributed by atoms with Crippen LogP contribution >= 0.6 is 0 Å². The lowest BCUT2D eigenvalue weighted by atomic mass is 9.73. The fourth-order valence-corrected chi connectivity index (χ4v) is 2.55. The van der Waals surface area contributed by atoms with E-state index in [4.69, 9.17) is 5.84 Å². The third kappa shape index (κ3) is 1.24. The number of amides is 4. The fourth-order valence-electron chi connectivity index (χ4n) is 2.55. The average Bonchev–Trinajstić information content (AvgIpc) is 2.63. The van der Waals surface area contributed by atoms with Crippen molar-refractivity contribution in [3.05, 3.63) is 35.4 Å². The Hall–Kier alpha value is -2.54. The van der Waals surface area contributed by atoms with Gasteiger partial charge in [-0.2, -0.15) is 0 Å². The largest absolute Gasteiger partial charge is 0.291 e. The van der Waals surface area contributed by atoms with Gasteiger partial charge in [-0.05, 0) is 11.6 Å². The van der Waals surface area contributed by atoms with Crippen LogP contribution in [0.5, 0.6) is 0 Å². The van der Waals surface area contributed by atoms with Crippen molar-refractivity contribution in [1.82, 2.24) is 10.3 Å². The van der Waals surface area contributed by atoms with E-state index in [0.29, 0.717) is 5.01 Å². The van der Waals surface area contributed by atoms with E-state index >= 15 is 0 Å². The van der Waals surface area contributed by atoms with Crippen molar-refractivity contribution in [2.45, 2.75) is 11.8 Å². The Kier molecular flexibility index (Phi) is 2.12. The maximum Gasteiger partial charge on any atom is 0.264 e. The first kappa shape index (κ1) is 11.5. The zero-order valence-electron chi connectivity index (χ0n) is 9.67. The summed E-state index contributed by atoms with van der Waals surface area (Å²) < 4.78 is 0. The second kappa shape index (κ2) is 3.48. The first-order valence-electron chi connectivity index (χ1n) is 5.56. The summed E-state index contributed by atoms with van der Waals surface area (Å²) >= 11 is 0. The number of fused-ring (bicyclic) bond motifs is 2. The normalized spacial score (nSPS) is 25.8. The van der Waals surface area contributed by atoms with Crippen LogP contribution in [-0.2, 0) is 19.8 Å². The van der Waals surface area contributed by atoms with Crippen LogP contribution in [0.4, 0.5) is 0 Å². The number of imide groups is 2. The van der Waals surface area contributed by atoms with Crippen LogP contribution in [0.2, 0.25) is 0 Å². The lowest BCUT2D eigenvalue weighted by molar-refractivity contribution is -0.142. The van der Waals surface area contributed by atoms with Gasteiger partial charge in [-0.15, -0.1) is 0 Å². The molecule has 4 amide bonds. The standard InChI is InChI=1S/C12H9N3O4/c13-15-8(16)5-12(11(15)19)7-4-2-1-3-6(7)9(17)14-10(12)18/h1-4H,5,13H2,(H,14,17,18). The number of carbonyl (C=O) groups excluding carboxylic acids is 4. The van der Waals surface area contributed by atoms with Gasteiger partial charge >= 0.3 is 0 Å². The minimum atomic E-state index is -1.71. The number of nitrogens with zero attached hydrogens (tertiary/aromatic N) is 1. The number of benzene rings is 1. The number of hydrogen-bond acceptors (Lipinski definition) is 5. The van der Waals surface area contributed by atoms with Crippen molar-refractivity contribution in [1.29, 1.82) is 0 Å². The van der Waals surface area contributed by atoms with Gasteiger partial charge < -0.3 is 0 Å². The predicted octanol–water partition coefficient (Wildman–Crippen LogP) is -1.17. The summed E-state index contributed by atoms with van der Waals surface area (Å²) in [7, 11) is 0. The van der Waals surface area contributed by atoms with Gasteiger partial charge in [-0.1, -0.05) is 18.2 Å². The molecule has 2 heterocycles. The molecule has 19 heavy (non-hydrogen) atoms. The highest BCUT2D eigenvalue weighted by molar-refractivity contribution is 6.27. The third-order valence-electron chi connectivity index (χ3n) is 3.52. The molecule has 1 aromatic carbocycles. The number of carbonyl (C=O) groups is 4. The van der Waals surface area contributed by atoms with Crippen LogP contribution in [-0.4, -0.2) is 28.6 Å². The van der Waals surface area contributed by atoms with E-state index < -0.39 is 29.0 Å². The van der Waals surface area contributed by atoms with Crippen LogP contribution in [0.3, 0.4) is 0 Å². The van der Waals surface area contributed by atoms with Crippen LogP contribution in [0.15, 0.2) is 24.3 Å². The van der Waals surface area contributed by atoms with Crippen molar-refractivity contribution in [2.24, 2.45) is 5.84 Å². The smallest absolute Gasteiger partial charge is 0.264 e. The number of nitrogens with two attached hydrogens (primary N) is 1. The monoisotopic (exact) mass is 259 g/mol. The molecule has 7 nitrogen and oxygen atoms in total. The average molecular weight is 259 g/mol. The number of nitrogens with one attached hydrogen (secondary N) is 1. The van der Waals surface area contributed by atoms with E-state index in [1.54, 1.807) is 12.1 Å². The summed E-state index contributed by atoms with van der Waals surface area (Å²) in [5, 5.41) is 2.54. The molecule has 0 aliphatic carbocycles. The SMILES string of the molecule is NN1C(=O)CC2(C(=O)NC(=O)c3ccccc32)C1=O. The van der Waals surface area contributed by atoms with Gasteiger partial charge in [0.05, 0.1) is 6.42 Å². The third-order valence-corrected chi connectivity index (χ3v) is 3.52. The Bertz CT molecular complexity index is 654. The van der Waals surface area contributed by atoms with Crippen molar-refractivity contribution >= 4 is 23.6 Å². The van der Waals surface area contributed by atoms with E-state index in [1.807, 2.05) is 0 Å². The van der Waals surface area contributed by atoms with Gasteiger partial charge in [0.2, 0.25) is 11.8 Å². The molecule has 0 aromatic heterocycles. The fraction of sp³-hybridized carbons (Fsp3) is 0.167. The molecular formula is C12H9N3O4. The van der Waals surface area contributed by atoms with Crippen LogP contribution in [0, 0.1) is 0 Å². The highest BCUT2D eigenvalue weighted by atomic mass is 16.2. The molecule has 2 aliphatic rings. The topological polar surface area (TPSA) is 110 Å². The van der Waals surface area contributed by atoms with Gasteiger partial charge in [0.25, 0.3) is 11.8 Å². The van der Waals surface area contributed by atoms with Gasteiger partial charge in [0.15, 0.2) is 5.41 Å². The maximum atomic E-state index is 12.2.